The van der Waals surface area contributed by atoms with Crippen molar-refractivity contribution in [3.8, 4) is 16.9 Å². The van der Waals surface area contributed by atoms with Gasteiger partial charge in [0.05, 0.1) is 11.4 Å². The molecule has 1 unspecified atom stereocenters. The number of aromatic carboxylic acids is 1. The third kappa shape index (κ3) is 3.59. The number of aromatic nitrogens is 2. The molecule has 1 saturated heterocycles. The standard InChI is InChI=1S/C24H23N3O4S/c28-13-15-5-4-10-26(12-15)23(29)16-6-3-7-17(11-16)27-22-18-8-1-2-9-20(18)32-14-19(22)21(25-27)24(30)31/h1-3,6-9,11,15,28H,4-5,10,12-14H2,(H,30,31). The van der Waals surface area contributed by atoms with E-state index in [0.29, 0.717) is 35.7 Å². The molecule has 1 fully saturated rings. The smallest absolute Gasteiger partial charge is 0.356 e. The van der Waals surface area contributed by atoms with E-state index in [-0.39, 0.29) is 24.1 Å². The molecule has 3 aromatic rings. The lowest BCUT2D eigenvalue weighted by atomic mass is 9.98. The number of fused-ring (bicyclic) bond motifs is 3. The summed E-state index contributed by atoms with van der Waals surface area (Å²) >= 11 is 1.60. The molecule has 1 aromatic heterocycles. The number of carbonyl (C=O) groups excluding carboxylic acids is 1. The van der Waals surface area contributed by atoms with Crippen molar-refractivity contribution in [2.45, 2.75) is 23.5 Å². The molecular weight excluding hydrogens is 426 g/mol. The second-order valence-electron chi connectivity index (χ2n) is 8.17. The van der Waals surface area contributed by atoms with Gasteiger partial charge in [-0.15, -0.1) is 11.8 Å². The quantitative estimate of drug-likeness (QED) is 0.631. The zero-order chi connectivity index (χ0) is 22.2. The van der Waals surface area contributed by atoms with Crippen LogP contribution in [0.15, 0.2) is 53.4 Å². The number of carboxylic acid groups (broad SMARTS) is 1. The number of carboxylic acids is 1. The molecule has 3 heterocycles. The van der Waals surface area contributed by atoms with E-state index in [0.717, 1.165) is 29.0 Å². The Morgan fingerprint density at radius 3 is 2.81 bits per heavy atom. The van der Waals surface area contributed by atoms with Crippen molar-refractivity contribution in [3.63, 3.8) is 0 Å². The van der Waals surface area contributed by atoms with Crippen LogP contribution in [0.3, 0.4) is 0 Å². The molecule has 1 atom stereocenters. The number of amides is 1. The molecule has 7 nitrogen and oxygen atoms in total. The fourth-order valence-electron chi connectivity index (χ4n) is 4.51. The van der Waals surface area contributed by atoms with Crippen molar-refractivity contribution < 1.29 is 19.8 Å². The average Bonchev–Trinajstić information content (AvgIpc) is 3.24. The monoisotopic (exact) mass is 449 g/mol. The Balaban J connectivity index is 1.57. The molecule has 2 N–H and O–H groups in total. The number of hydrogen-bond donors (Lipinski definition) is 2. The molecule has 5 rings (SSSR count). The fraction of sp³-hybridized carbons (Fsp3) is 0.292. The van der Waals surface area contributed by atoms with Crippen molar-refractivity contribution in [3.05, 3.63) is 65.4 Å². The molecule has 0 spiro atoms. The maximum absolute atomic E-state index is 13.2. The topological polar surface area (TPSA) is 95.7 Å². The number of benzene rings is 2. The fourth-order valence-corrected chi connectivity index (χ4v) is 5.58. The summed E-state index contributed by atoms with van der Waals surface area (Å²) in [6.45, 7) is 1.30. The number of rotatable bonds is 4. The van der Waals surface area contributed by atoms with Gasteiger partial charge in [0, 0.05) is 47.0 Å². The van der Waals surface area contributed by atoms with Crippen LogP contribution >= 0.6 is 11.8 Å². The van der Waals surface area contributed by atoms with Crippen molar-refractivity contribution >= 4 is 23.6 Å². The number of aliphatic hydroxyl groups excluding tert-OH is 1. The van der Waals surface area contributed by atoms with E-state index in [1.165, 1.54) is 0 Å². The SMILES string of the molecule is O=C(O)c1nn(-c2cccc(C(=O)N3CCCC(CO)C3)c2)c2c1CSc1ccccc1-2. The third-order valence-corrected chi connectivity index (χ3v) is 7.20. The van der Waals surface area contributed by atoms with Crippen LogP contribution in [-0.4, -0.2) is 56.5 Å². The van der Waals surface area contributed by atoms with Gasteiger partial charge in [-0.25, -0.2) is 9.48 Å². The molecule has 0 aliphatic carbocycles. The number of piperidine rings is 1. The van der Waals surface area contributed by atoms with E-state index in [2.05, 4.69) is 5.10 Å². The number of aliphatic hydroxyl groups is 1. The Hall–Kier alpha value is -3.10. The van der Waals surface area contributed by atoms with Gasteiger partial charge >= 0.3 is 5.97 Å². The minimum Gasteiger partial charge on any atom is -0.476 e. The number of carbonyl (C=O) groups is 2. The summed E-state index contributed by atoms with van der Waals surface area (Å²) in [6.07, 6.45) is 1.80. The lowest BCUT2D eigenvalue weighted by Gasteiger charge is -2.32. The predicted molar refractivity (Wildman–Crippen MR) is 121 cm³/mol. The van der Waals surface area contributed by atoms with Crippen LogP contribution in [0.4, 0.5) is 0 Å². The van der Waals surface area contributed by atoms with E-state index < -0.39 is 5.97 Å². The zero-order valence-corrected chi connectivity index (χ0v) is 18.2. The van der Waals surface area contributed by atoms with E-state index in [1.807, 2.05) is 30.3 Å². The summed E-state index contributed by atoms with van der Waals surface area (Å²) in [5, 5.41) is 23.7. The van der Waals surface area contributed by atoms with Crippen LogP contribution in [-0.2, 0) is 5.75 Å². The van der Waals surface area contributed by atoms with Crippen molar-refractivity contribution in [2.75, 3.05) is 19.7 Å². The minimum atomic E-state index is -1.06. The van der Waals surface area contributed by atoms with Gasteiger partial charge in [-0.2, -0.15) is 5.10 Å². The van der Waals surface area contributed by atoms with E-state index in [1.54, 1.807) is 39.5 Å². The molecule has 0 radical (unpaired) electrons. The minimum absolute atomic E-state index is 0.0422. The summed E-state index contributed by atoms with van der Waals surface area (Å²) in [4.78, 5) is 27.9. The van der Waals surface area contributed by atoms with Gasteiger partial charge in [-0.05, 0) is 43.0 Å². The average molecular weight is 450 g/mol. The normalized spacial score (nSPS) is 17.5. The molecule has 2 aliphatic heterocycles. The number of thioether (sulfide) groups is 1. The van der Waals surface area contributed by atoms with Crippen LogP contribution < -0.4 is 0 Å². The molecule has 2 aromatic carbocycles. The second kappa shape index (κ2) is 8.44. The van der Waals surface area contributed by atoms with Crippen LogP contribution in [0.25, 0.3) is 16.9 Å². The maximum Gasteiger partial charge on any atom is 0.356 e. The Bertz CT molecular complexity index is 1210. The summed E-state index contributed by atoms with van der Waals surface area (Å²) in [5.41, 5.74) is 3.62. The van der Waals surface area contributed by atoms with E-state index >= 15 is 0 Å². The second-order valence-corrected chi connectivity index (χ2v) is 9.19. The highest BCUT2D eigenvalue weighted by molar-refractivity contribution is 7.98. The van der Waals surface area contributed by atoms with E-state index in [4.69, 9.17) is 0 Å². The summed E-state index contributed by atoms with van der Waals surface area (Å²) in [5.74, 6) is -0.500. The molecule has 32 heavy (non-hydrogen) atoms. The van der Waals surface area contributed by atoms with Crippen LogP contribution in [0, 0.1) is 5.92 Å². The van der Waals surface area contributed by atoms with Crippen LogP contribution in [0.5, 0.6) is 0 Å². The molecule has 0 saturated carbocycles. The first kappa shape index (κ1) is 20.8. The molecule has 1 amide bonds. The Labute approximate surface area is 189 Å². The zero-order valence-electron chi connectivity index (χ0n) is 17.4. The number of hydrogen-bond acceptors (Lipinski definition) is 5. The van der Waals surface area contributed by atoms with Crippen molar-refractivity contribution in [2.24, 2.45) is 5.92 Å². The van der Waals surface area contributed by atoms with Gasteiger partial charge in [0.2, 0.25) is 0 Å². The summed E-state index contributed by atoms with van der Waals surface area (Å²) in [6, 6.07) is 15.1. The lowest BCUT2D eigenvalue weighted by Crippen LogP contribution is -2.40. The Morgan fingerprint density at radius 1 is 1.16 bits per heavy atom. The maximum atomic E-state index is 13.2. The van der Waals surface area contributed by atoms with Gasteiger partial charge in [0.25, 0.3) is 5.91 Å². The molecule has 2 aliphatic rings. The molecule has 164 valence electrons. The Kier molecular flexibility index (Phi) is 5.48. The highest BCUT2D eigenvalue weighted by atomic mass is 32.2. The summed E-state index contributed by atoms with van der Waals surface area (Å²) < 4.78 is 1.65. The first-order chi connectivity index (χ1) is 15.6. The van der Waals surface area contributed by atoms with Crippen LogP contribution in [0.2, 0.25) is 0 Å². The van der Waals surface area contributed by atoms with Gasteiger partial charge in [-0.1, -0.05) is 24.3 Å². The van der Waals surface area contributed by atoms with Gasteiger partial charge in [0.15, 0.2) is 5.69 Å². The number of likely N-dealkylation sites (tertiary alicyclic amines) is 1. The van der Waals surface area contributed by atoms with Crippen molar-refractivity contribution in [1.29, 1.82) is 0 Å². The van der Waals surface area contributed by atoms with E-state index in [9.17, 15) is 19.8 Å². The molecular formula is C24H23N3O4S. The van der Waals surface area contributed by atoms with Gasteiger partial charge in [-0.3, -0.25) is 4.79 Å². The first-order valence-corrected chi connectivity index (χ1v) is 11.6. The lowest BCUT2D eigenvalue weighted by molar-refractivity contribution is 0.0619. The Morgan fingerprint density at radius 2 is 2.00 bits per heavy atom. The number of nitrogens with zero attached hydrogens (tertiary/aromatic N) is 3. The van der Waals surface area contributed by atoms with Gasteiger partial charge in [0.1, 0.15) is 0 Å². The molecule has 0 bridgehead atoms. The van der Waals surface area contributed by atoms with Crippen LogP contribution in [0.1, 0.15) is 39.3 Å². The highest BCUT2D eigenvalue weighted by Gasteiger charge is 2.30. The predicted octanol–water partition coefficient (Wildman–Crippen LogP) is 3.69. The first-order valence-electron chi connectivity index (χ1n) is 10.6. The third-order valence-electron chi connectivity index (χ3n) is 6.10. The highest BCUT2D eigenvalue weighted by Crippen LogP contribution is 2.43. The molecule has 8 heteroatoms. The van der Waals surface area contributed by atoms with Crippen molar-refractivity contribution in [1.82, 2.24) is 14.7 Å². The summed E-state index contributed by atoms with van der Waals surface area (Å²) in [7, 11) is 0. The van der Waals surface area contributed by atoms with Gasteiger partial charge < -0.3 is 15.1 Å². The largest absolute Gasteiger partial charge is 0.476 e.